The molecule has 2 heterocycles. The zero-order valence-corrected chi connectivity index (χ0v) is 18.3. The van der Waals surface area contributed by atoms with Gasteiger partial charge >= 0.3 is 0 Å². The van der Waals surface area contributed by atoms with Crippen molar-refractivity contribution in [2.45, 2.75) is 18.4 Å². The van der Waals surface area contributed by atoms with Gasteiger partial charge in [0.15, 0.2) is 0 Å². The fourth-order valence-corrected chi connectivity index (χ4v) is 4.85. The summed E-state index contributed by atoms with van der Waals surface area (Å²) in [5.74, 6) is 0. The Morgan fingerprint density at radius 3 is 1.69 bits per heavy atom. The van der Waals surface area contributed by atoms with E-state index in [0.29, 0.717) is 0 Å². The highest BCUT2D eigenvalue weighted by atomic mass is 15.1. The van der Waals surface area contributed by atoms with Gasteiger partial charge in [0.05, 0.1) is 12.0 Å². The molecule has 3 aromatic carbocycles. The van der Waals surface area contributed by atoms with E-state index in [4.69, 9.17) is 4.98 Å². The lowest BCUT2D eigenvalue weighted by molar-refractivity contribution is 0.346. The number of benzene rings is 3. The van der Waals surface area contributed by atoms with Crippen molar-refractivity contribution in [1.82, 2.24) is 14.5 Å². The Balaban J connectivity index is 1.57. The zero-order valence-electron chi connectivity index (χ0n) is 18.3. The van der Waals surface area contributed by atoms with Gasteiger partial charge in [-0.25, -0.2) is 4.98 Å². The molecule has 0 amide bonds. The van der Waals surface area contributed by atoms with Crippen molar-refractivity contribution in [3.05, 3.63) is 138 Å². The van der Waals surface area contributed by atoms with Gasteiger partial charge in [0.1, 0.15) is 5.54 Å². The summed E-state index contributed by atoms with van der Waals surface area (Å²) in [6.45, 7) is 3.27. The van der Waals surface area contributed by atoms with Crippen LogP contribution in [0.2, 0.25) is 0 Å². The summed E-state index contributed by atoms with van der Waals surface area (Å²) >= 11 is 0. The van der Waals surface area contributed by atoms with Crippen LogP contribution in [0, 0.1) is 0 Å². The summed E-state index contributed by atoms with van der Waals surface area (Å²) in [5, 5.41) is 0. The number of aromatic nitrogens is 2. The average molecular weight is 420 g/mol. The van der Waals surface area contributed by atoms with Crippen LogP contribution in [0.3, 0.4) is 0 Å². The van der Waals surface area contributed by atoms with Crippen molar-refractivity contribution >= 4 is 0 Å². The maximum Gasteiger partial charge on any atom is 0.121 e. The van der Waals surface area contributed by atoms with E-state index < -0.39 is 5.54 Å². The molecule has 0 spiro atoms. The van der Waals surface area contributed by atoms with Crippen molar-refractivity contribution < 1.29 is 0 Å². The first kappa shape index (κ1) is 20.5. The van der Waals surface area contributed by atoms with Crippen LogP contribution in [0.25, 0.3) is 0 Å². The Morgan fingerprint density at radius 1 is 0.688 bits per heavy atom. The van der Waals surface area contributed by atoms with Crippen LogP contribution in [0.1, 0.15) is 28.8 Å². The second-order valence-electron chi connectivity index (χ2n) is 8.42. The molecule has 0 atom stereocenters. The van der Waals surface area contributed by atoms with Crippen molar-refractivity contribution in [2.75, 3.05) is 19.6 Å². The van der Waals surface area contributed by atoms with E-state index in [2.05, 4.69) is 119 Å². The highest BCUT2D eigenvalue weighted by Crippen LogP contribution is 2.40. The molecule has 0 fully saturated rings. The largest absolute Gasteiger partial charge is 0.319 e. The minimum atomic E-state index is -0.478. The molecular weight excluding hydrogens is 390 g/mol. The van der Waals surface area contributed by atoms with Crippen LogP contribution < -0.4 is 0 Å². The van der Waals surface area contributed by atoms with E-state index >= 15 is 0 Å². The summed E-state index contributed by atoms with van der Waals surface area (Å²) in [4.78, 5) is 7.32. The SMILES string of the molecule is C1=CCN(CCCc2cn(C(c3ccccc3)(c3ccccc3)c3ccccc3)cn2)C1. The highest BCUT2D eigenvalue weighted by Gasteiger charge is 2.38. The molecule has 160 valence electrons. The summed E-state index contributed by atoms with van der Waals surface area (Å²) < 4.78 is 2.31. The van der Waals surface area contributed by atoms with Crippen LogP contribution in [0.15, 0.2) is 116 Å². The second-order valence-corrected chi connectivity index (χ2v) is 8.42. The molecule has 3 heteroatoms. The maximum absolute atomic E-state index is 4.85. The van der Waals surface area contributed by atoms with Crippen LogP contribution in [0.4, 0.5) is 0 Å². The summed E-state index contributed by atoms with van der Waals surface area (Å²) in [6, 6.07) is 32.3. The van der Waals surface area contributed by atoms with E-state index in [1.165, 1.54) is 16.7 Å². The summed E-state index contributed by atoms with van der Waals surface area (Å²) in [6.07, 6.45) is 10.9. The van der Waals surface area contributed by atoms with Gasteiger partial charge < -0.3 is 4.57 Å². The predicted molar refractivity (Wildman–Crippen MR) is 131 cm³/mol. The second kappa shape index (κ2) is 9.37. The lowest BCUT2D eigenvalue weighted by Gasteiger charge is -2.37. The molecule has 5 rings (SSSR count). The molecule has 0 aliphatic carbocycles. The summed E-state index contributed by atoms with van der Waals surface area (Å²) in [5.41, 5.74) is 4.34. The lowest BCUT2D eigenvalue weighted by Crippen LogP contribution is -2.36. The molecule has 3 nitrogen and oxygen atoms in total. The molecule has 0 N–H and O–H groups in total. The van der Waals surface area contributed by atoms with Crippen molar-refractivity contribution in [2.24, 2.45) is 0 Å². The Morgan fingerprint density at radius 2 is 1.19 bits per heavy atom. The van der Waals surface area contributed by atoms with E-state index in [0.717, 1.165) is 38.2 Å². The first-order chi connectivity index (χ1) is 15.9. The van der Waals surface area contributed by atoms with Crippen molar-refractivity contribution in [1.29, 1.82) is 0 Å². The number of aryl methyl sites for hydroxylation is 1. The van der Waals surface area contributed by atoms with Gasteiger partial charge in [0.2, 0.25) is 0 Å². The Kier molecular flexibility index (Phi) is 6.00. The number of imidazole rings is 1. The van der Waals surface area contributed by atoms with Gasteiger partial charge in [-0.05, 0) is 36.1 Å². The highest BCUT2D eigenvalue weighted by molar-refractivity contribution is 5.50. The molecule has 0 saturated heterocycles. The minimum absolute atomic E-state index is 0.478. The summed E-state index contributed by atoms with van der Waals surface area (Å²) in [7, 11) is 0. The van der Waals surface area contributed by atoms with Gasteiger partial charge in [-0.3, -0.25) is 4.90 Å². The molecule has 0 radical (unpaired) electrons. The quantitative estimate of drug-likeness (QED) is 0.277. The molecule has 1 aliphatic rings. The van der Waals surface area contributed by atoms with Crippen LogP contribution >= 0.6 is 0 Å². The third kappa shape index (κ3) is 3.92. The Labute approximate surface area is 190 Å². The first-order valence-electron chi connectivity index (χ1n) is 11.4. The first-order valence-corrected chi connectivity index (χ1v) is 11.4. The number of hydrogen-bond acceptors (Lipinski definition) is 2. The number of rotatable bonds is 8. The predicted octanol–water partition coefficient (Wildman–Crippen LogP) is 5.53. The van der Waals surface area contributed by atoms with Crippen LogP contribution in [-0.4, -0.2) is 34.1 Å². The lowest BCUT2D eigenvalue weighted by atomic mass is 9.77. The minimum Gasteiger partial charge on any atom is -0.319 e. The molecule has 4 aromatic rings. The van der Waals surface area contributed by atoms with Gasteiger partial charge in [0.25, 0.3) is 0 Å². The van der Waals surface area contributed by atoms with E-state index in [9.17, 15) is 0 Å². The topological polar surface area (TPSA) is 21.1 Å². The van der Waals surface area contributed by atoms with Crippen LogP contribution in [0.5, 0.6) is 0 Å². The Bertz CT molecular complexity index is 1040. The van der Waals surface area contributed by atoms with Gasteiger partial charge in [0, 0.05) is 19.3 Å². The molecule has 1 aromatic heterocycles. The number of hydrogen-bond donors (Lipinski definition) is 0. The van der Waals surface area contributed by atoms with Gasteiger partial charge in [-0.2, -0.15) is 0 Å². The van der Waals surface area contributed by atoms with Crippen LogP contribution in [-0.2, 0) is 12.0 Å². The average Bonchev–Trinajstić information content (AvgIpc) is 3.55. The third-order valence-corrected chi connectivity index (χ3v) is 6.40. The molecule has 0 unspecified atom stereocenters. The van der Waals surface area contributed by atoms with E-state index in [-0.39, 0.29) is 0 Å². The molecular formula is C29H29N3. The number of nitrogens with zero attached hydrogens (tertiary/aromatic N) is 3. The van der Waals surface area contributed by atoms with E-state index in [1.807, 2.05) is 6.33 Å². The Hall–Kier alpha value is -3.43. The standard InChI is InChI=1S/C29H29N3/c1-4-13-25(14-5-1)29(26-15-6-2-7-16-26,27-17-8-3-9-18-27)32-23-28(30-24-32)19-12-22-31-20-10-11-21-31/h1-11,13-18,23-24H,12,19-22H2. The van der Waals surface area contributed by atoms with E-state index in [1.54, 1.807) is 0 Å². The molecule has 0 saturated carbocycles. The fraction of sp³-hybridized carbons (Fsp3) is 0.207. The van der Waals surface area contributed by atoms with Gasteiger partial charge in [-0.15, -0.1) is 0 Å². The monoisotopic (exact) mass is 419 g/mol. The van der Waals surface area contributed by atoms with Crippen molar-refractivity contribution in [3.63, 3.8) is 0 Å². The normalized spacial score (nSPS) is 14.1. The third-order valence-electron chi connectivity index (χ3n) is 6.40. The molecule has 0 bridgehead atoms. The van der Waals surface area contributed by atoms with Gasteiger partial charge in [-0.1, -0.05) is 103 Å². The molecule has 32 heavy (non-hydrogen) atoms. The zero-order chi connectivity index (χ0) is 21.6. The molecule has 1 aliphatic heterocycles. The maximum atomic E-state index is 4.85. The smallest absolute Gasteiger partial charge is 0.121 e. The van der Waals surface area contributed by atoms with Crippen molar-refractivity contribution in [3.8, 4) is 0 Å². The fourth-order valence-electron chi connectivity index (χ4n) is 4.85.